The summed E-state index contributed by atoms with van der Waals surface area (Å²) in [6.45, 7) is 0.584. The number of carbonyl (C=O) groups is 2. The molecule has 6 heteroatoms. The molecule has 0 radical (unpaired) electrons. The topological polar surface area (TPSA) is 105 Å². The van der Waals surface area contributed by atoms with Gasteiger partial charge in [-0.05, 0) is 53.6 Å². The Hall–Kier alpha value is -2.70. The monoisotopic (exact) mass is 368 g/mol. The molecule has 0 aromatic heterocycles. The zero-order valence-electron chi connectivity index (χ0n) is 15.1. The van der Waals surface area contributed by atoms with E-state index in [4.69, 9.17) is 16.2 Å². The van der Waals surface area contributed by atoms with E-state index < -0.39 is 18.2 Å². The van der Waals surface area contributed by atoms with Crippen LogP contribution in [0.2, 0.25) is 0 Å². The first kappa shape index (κ1) is 19.1. The third kappa shape index (κ3) is 4.53. The highest BCUT2D eigenvalue weighted by molar-refractivity contribution is 5.85. The van der Waals surface area contributed by atoms with Gasteiger partial charge in [-0.15, -0.1) is 0 Å². The van der Waals surface area contributed by atoms with Crippen LogP contribution in [0.4, 0.5) is 4.79 Å². The van der Waals surface area contributed by atoms with E-state index >= 15 is 0 Å². The van der Waals surface area contributed by atoms with Crippen molar-refractivity contribution in [2.45, 2.75) is 38.3 Å². The van der Waals surface area contributed by atoms with Crippen LogP contribution in [0.1, 0.15) is 36.0 Å². The second-order valence-electron chi connectivity index (χ2n) is 6.63. The van der Waals surface area contributed by atoms with Gasteiger partial charge >= 0.3 is 12.1 Å². The molecule has 0 fully saturated rings. The van der Waals surface area contributed by atoms with E-state index in [0.29, 0.717) is 19.4 Å². The van der Waals surface area contributed by atoms with Gasteiger partial charge in [-0.3, -0.25) is 0 Å². The number of hydrogen-bond donors (Lipinski definition) is 2. The van der Waals surface area contributed by atoms with E-state index in [2.05, 4.69) is 22.9 Å². The maximum atomic E-state index is 11.8. The molecule has 0 amide bonds. The summed E-state index contributed by atoms with van der Waals surface area (Å²) < 4.78 is 9.83. The Labute approximate surface area is 158 Å². The van der Waals surface area contributed by atoms with E-state index in [-0.39, 0.29) is 6.61 Å². The number of carbonyl (C=O) groups excluding carboxylic acids is 2. The van der Waals surface area contributed by atoms with Gasteiger partial charge in [0.2, 0.25) is 0 Å². The maximum absolute atomic E-state index is 11.8. The van der Waals surface area contributed by atoms with Gasteiger partial charge in [-0.25, -0.2) is 9.59 Å². The van der Waals surface area contributed by atoms with Crippen molar-refractivity contribution < 1.29 is 19.1 Å². The predicted octanol–water partition coefficient (Wildman–Crippen LogP) is 2.89. The number of ether oxygens (including phenoxy) is 2. The highest BCUT2D eigenvalue weighted by Gasteiger charge is 2.22. The molecule has 0 heterocycles. The number of nitrogens with two attached hydrogens (primary N) is 2. The molecule has 0 aliphatic heterocycles. The highest BCUT2D eigenvalue weighted by atomic mass is 16.7. The fourth-order valence-electron chi connectivity index (χ4n) is 3.31. The van der Waals surface area contributed by atoms with Crippen LogP contribution in [0.5, 0.6) is 0 Å². The zero-order chi connectivity index (χ0) is 19.2. The smallest absolute Gasteiger partial charge is 0.429 e. The van der Waals surface area contributed by atoms with Crippen LogP contribution in [0.15, 0.2) is 42.5 Å². The second kappa shape index (κ2) is 8.79. The van der Waals surface area contributed by atoms with E-state index in [1.165, 1.54) is 11.1 Å². The van der Waals surface area contributed by atoms with Gasteiger partial charge in [0.05, 0.1) is 0 Å². The summed E-state index contributed by atoms with van der Waals surface area (Å²) in [6.07, 6.45) is 1.67. The number of fused-ring (bicyclic) bond motifs is 3. The van der Waals surface area contributed by atoms with Crippen LogP contribution < -0.4 is 11.5 Å². The van der Waals surface area contributed by atoms with Crippen LogP contribution >= 0.6 is 0 Å². The molecule has 6 nitrogen and oxygen atoms in total. The van der Waals surface area contributed by atoms with Gasteiger partial charge < -0.3 is 20.9 Å². The molecular formula is C21H24N2O4. The van der Waals surface area contributed by atoms with Crippen molar-refractivity contribution in [1.82, 2.24) is 0 Å². The van der Waals surface area contributed by atoms with Gasteiger partial charge in [0.1, 0.15) is 12.6 Å². The number of unbranched alkanes of at least 4 members (excludes halogenated alkanes) is 1. The Morgan fingerprint density at radius 3 is 2.63 bits per heavy atom. The number of esters is 1. The fourth-order valence-corrected chi connectivity index (χ4v) is 3.31. The van der Waals surface area contributed by atoms with Crippen LogP contribution in [-0.2, 0) is 27.3 Å². The molecule has 1 aliphatic rings. The Balaban J connectivity index is 1.55. The van der Waals surface area contributed by atoms with Gasteiger partial charge in [0.15, 0.2) is 0 Å². The standard InChI is InChI=1S/C21H24N2O4/c22-11-4-3-10-19(23)20(24)27-21(25)26-13-15-7-5-9-17-16-8-2-1-6-14(16)12-18(15)17/h1-2,5-9,19H,3-4,10-13,22-23H2/t19-/m0/s1. The van der Waals surface area contributed by atoms with Crippen molar-refractivity contribution in [2.75, 3.05) is 6.54 Å². The third-order valence-electron chi connectivity index (χ3n) is 4.75. The van der Waals surface area contributed by atoms with Gasteiger partial charge in [0, 0.05) is 0 Å². The Morgan fingerprint density at radius 1 is 1.04 bits per heavy atom. The Bertz CT molecular complexity index is 835. The minimum atomic E-state index is -1.03. The number of rotatable bonds is 7. The van der Waals surface area contributed by atoms with Crippen molar-refractivity contribution in [3.63, 3.8) is 0 Å². The predicted molar refractivity (Wildman–Crippen MR) is 102 cm³/mol. The normalized spacial score (nSPS) is 12.8. The molecule has 3 rings (SSSR count). The minimum Gasteiger partial charge on any atom is -0.429 e. The molecular weight excluding hydrogens is 344 g/mol. The van der Waals surface area contributed by atoms with Crippen molar-refractivity contribution in [3.8, 4) is 11.1 Å². The molecule has 0 saturated carbocycles. The lowest BCUT2D eigenvalue weighted by molar-refractivity contribution is -0.141. The summed E-state index contributed by atoms with van der Waals surface area (Å²) in [4.78, 5) is 23.7. The minimum absolute atomic E-state index is 0.0473. The van der Waals surface area contributed by atoms with Crippen LogP contribution in [-0.4, -0.2) is 24.7 Å². The molecule has 0 spiro atoms. The van der Waals surface area contributed by atoms with Gasteiger partial charge in [-0.1, -0.05) is 48.9 Å². The average Bonchev–Trinajstić information content (AvgIpc) is 3.05. The lowest BCUT2D eigenvalue weighted by Gasteiger charge is -2.11. The lowest BCUT2D eigenvalue weighted by atomic mass is 10.0. The second-order valence-corrected chi connectivity index (χ2v) is 6.63. The Morgan fingerprint density at radius 2 is 1.81 bits per heavy atom. The zero-order valence-corrected chi connectivity index (χ0v) is 15.1. The molecule has 2 aromatic rings. The van der Waals surface area contributed by atoms with E-state index in [1.807, 2.05) is 24.3 Å². The summed E-state index contributed by atoms with van der Waals surface area (Å²) in [5.41, 5.74) is 16.8. The molecule has 0 unspecified atom stereocenters. The molecule has 0 bridgehead atoms. The average molecular weight is 368 g/mol. The molecule has 1 atom stereocenters. The number of hydrogen-bond acceptors (Lipinski definition) is 6. The van der Waals surface area contributed by atoms with Crippen molar-refractivity contribution in [1.29, 1.82) is 0 Å². The van der Waals surface area contributed by atoms with Gasteiger partial charge in [-0.2, -0.15) is 0 Å². The summed E-state index contributed by atoms with van der Waals surface area (Å²) in [5.74, 6) is -0.775. The SMILES string of the molecule is NCCCC[C@H](N)C(=O)OC(=O)OCc1cccc2c1Cc1ccccc1-2. The third-order valence-corrected chi connectivity index (χ3v) is 4.75. The summed E-state index contributed by atoms with van der Waals surface area (Å²) in [6, 6.07) is 13.3. The molecule has 4 N–H and O–H groups in total. The van der Waals surface area contributed by atoms with E-state index in [1.54, 1.807) is 0 Å². The first-order valence-corrected chi connectivity index (χ1v) is 9.13. The van der Waals surface area contributed by atoms with E-state index in [9.17, 15) is 9.59 Å². The van der Waals surface area contributed by atoms with Crippen molar-refractivity contribution >= 4 is 12.1 Å². The molecule has 142 valence electrons. The summed E-state index contributed by atoms with van der Waals surface area (Å²) >= 11 is 0. The molecule has 1 aliphatic carbocycles. The first-order chi connectivity index (χ1) is 13.1. The lowest BCUT2D eigenvalue weighted by Crippen LogP contribution is -2.34. The Kier molecular flexibility index (Phi) is 6.21. The van der Waals surface area contributed by atoms with Gasteiger partial charge in [0.25, 0.3) is 0 Å². The summed E-state index contributed by atoms with van der Waals surface area (Å²) in [5, 5.41) is 0. The highest BCUT2D eigenvalue weighted by Crippen LogP contribution is 2.38. The van der Waals surface area contributed by atoms with Crippen molar-refractivity contribution in [2.24, 2.45) is 11.5 Å². The summed E-state index contributed by atoms with van der Waals surface area (Å²) in [7, 11) is 0. The van der Waals surface area contributed by atoms with Crippen LogP contribution in [0.25, 0.3) is 11.1 Å². The fraction of sp³-hybridized carbons (Fsp3) is 0.333. The molecule has 0 saturated heterocycles. The maximum Gasteiger partial charge on any atom is 0.516 e. The van der Waals surface area contributed by atoms with Crippen LogP contribution in [0.3, 0.4) is 0 Å². The van der Waals surface area contributed by atoms with Crippen molar-refractivity contribution in [3.05, 3.63) is 59.2 Å². The van der Waals surface area contributed by atoms with Crippen LogP contribution in [0, 0.1) is 0 Å². The molecule has 27 heavy (non-hydrogen) atoms. The largest absolute Gasteiger partial charge is 0.516 e. The number of benzene rings is 2. The molecule has 2 aromatic carbocycles. The first-order valence-electron chi connectivity index (χ1n) is 9.13. The quantitative estimate of drug-likeness (QED) is 0.377. The van der Waals surface area contributed by atoms with E-state index in [0.717, 1.165) is 29.5 Å².